The topological polar surface area (TPSA) is 142 Å². The lowest BCUT2D eigenvalue weighted by Gasteiger charge is -2.36. The number of rotatable bonds is 8. The summed E-state index contributed by atoms with van der Waals surface area (Å²) in [6, 6.07) is 13.8. The van der Waals surface area contributed by atoms with Crippen molar-refractivity contribution in [3.05, 3.63) is 61.2 Å². The number of piperazine rings is 1. The van der Waals surface area contributed by atoms with Crippen molar-refractivity contribution in [1.82, 2.24) is 44.7 Å². The van der Waals surface area contributed by atoms with Crippen LogP contribution in [0.15, 0.2) is 61.2 Å². The summed E-state index contributed by atoms with van der Waals surface area (Å²) in [4.78, 5) is 49.0. The minimum Gasteiger partial charge on any atom is -0.475 e. The molecule has 3 fully saturated rings. The maximum atomic E-state index is 14.0. The monoisotopic (exact) mass is 675 g/mol. The Labute approximate surface area is 290 Å². The van der Waals surface area contributed by atoms with E-state index in [1.807, 2.05) is 73.2 Å². The third kappa shape index (κ3) is 6.04. The molecule has 1 unspecified atom stereocenters. The number of aromatic amines is 1. The SMILES string of the molecule is CC(C)Oc1ccc(-c2n[nH]c3ccc(N4CCC5(CCN(CC(=O)N6CCN(c7ccc(-c8ncn(C)n8)cn7)CC6)C5)C4=O)cc23)cn1. The smallest absolute Gasteiger partial charge is 0.236 e. The standard InChI is InChI=1S/C36H41N11O3/c1-24(2)50-31-9-5-25(19-38-31)33-28-18-27(6-7-29(28)40-41-33)47-13-11-36(35(47)49)10-12-44(22-36)21-32(48)46-16-14-45(15-17-46)30-8-4-26(20-37-30)34-39-23-43(3)42-34/h4-9,18-20,23-24H,10-17,21-22H2,1-3H3,(H,40,41). The maximum absolute atomic E-state index is 14.0. The Morgan fingerprint density at radius 2 is 1.74 bits per heavy atom. The number of anilines is 2. The predicted octanol–water partition coefficient (Wildman–Crippen LogP) is 3.38. The number of hydrogen-bond acceptors (Lipinski definition) is 10. The highest BCUT2D eigenvalue weighted by molar-refractivity contribution is 6.03. The molecule has 0 saturated carbocycles. The van der Waals surface area contributed by atoms with Gasteiger partial charge in [0.25, 0.3) is 0 Å². The van der Waals surface area contributed by atoms with Crippen LogP contribution in [0.4, 0.5) is 11.5 Å². The summed E-state index contributed by atoms with van der Waals surface area (Å²) >= 11 is 0. The van der Waals surface area contributed by atoms with Crippen molar-refractivity contribution in [3.63, 3.8) is 0 Å². The summed E-state index contributed by atoms with van der Waals surface area (Å²) in [6.45, 7) is 8.97. The molecule has 5 aromatic rings. The molecule has 1 aromatic carbocycles. The number of benzene rings is 1. The molecule has 8 rings (SSSR count). The van der Waals surface area contributed by atoms with E-state index in [-0.39, 0.29) is 17.9 Å². The van der Waals surface area contributed by atoms with Crippen molar-refractivity contribution in [2.45, 2.75) is 32.8 Å². The molecule has 3 aliphatic heterocycles. The molecule has 0 aliphatic carbocycles. The van der Waals surface area contributed by atoms with Gasteiger partial charge in [-0.05, 0) is 69.6 Å². The van der Waals surface area contributed by atoms with E-state index in [9.17, 15) is 9.59 Å². The average molecular weight is 676 g/mol. The molecular formula is C36H41N11O3. The molecule has 2 amide bonds. The first-order chi connectivity index (χ1) is 24.2. The van der Waals surface area contributed by atoms with E-state index in [1.54, 1.807) is 23.4 Å². The summed E-state index contributed by atoms with van der Waals surface area (Å²) in [5.41, 5.74) is 3.81. The van der Waals surface area contributed by atoms with Gasteiger partial charge in [-0.1, -0.05) is 0 Å². The molecule has 50 heavy (non-hydrogen) atoms. The Hall–Kier alpha value is -5.37. The number of ether oxygens (including phenoxy) is 1. The molecule has 3 aliphatic rings. The van der Waals surface area contributed by atoms with Gasteiger partial charge in [0.2, 0.25) is 17.7 Å². The van der Waals surface area contributed by atoms with Crippen LogP contribution in [0.2, 0.25) is 0 Å². The zero-order valence-electron chi connectivity index (χ0n) is 28.6. The number of carbonyl (C=O) groups excluding carboxylic acids is 2. The number of nitrogens with zero attached hydrogens (tertiary/aromatic N) is 10. The first-order valence-electron chi connectivity index (χ1n) is 17.2. The van der Waals surface area contributed by atoms with Crippen molar-refractivity contribution in [3.8, 4) is 28.5 Å². The zero-order valence-corrected chi connectivity index (χ0v) is 28.6. The third-order valence-electron chi connectivity index (χ3n) is 10.1. The largest absolute Gasteiger partial charge is 0.475 e. The van der Waals surface area contributed by atoms with Gasteiger partial charge >= 0.3 is 0 Å². The van der Waals surface area contributed by atoms with Gasteiger partial charge in [0, 0.05) is 87.0 Å². The third-order valence-corrected chi connectivity index (χ3v) is 10.1. The summed E-state index contributed by atoms with van der Waals surface area (Å²) in [6.07, 6.45) is 6.81. The molecule has 258 valence electrons. The molecule has 7 heterocycles. The van der Waals surface area contributed by atoms with Crippen LogP contribution < -0.4 is 14.5 Å². The lowest BCUT2D eigenvalue weighted by molar-refractivity contribution is -0.133. The second-order valence-corrected chi connectivity index (χ2v) is 13.8. The number of amides is 2. The Morgan fingerprint density at radius 1 is 0.940 bits per heavy atom. The molecule has 1 N–H and O–H groups in total. The van der Waals surface area contributed by atoms with E-state index in [4.69, 9.17) is 4.74 Å². The van der Waals surface area contributed by atoms with Crippen molar-refractivity contribution in [2.75, 3.05) is 62.2 Å². The summed E-state index contributed by atoms with van der Waals surface area (Å²) < 4.78 is 7.37. The van der Waals surface area contributed by atoms with Crippen LogP contribution in [0.3, 0.4) is 0 Å². The molecule has 4 aromatic heterocycles. The molecule has 1 spiro atoms. The van der Waals surface area contributed by atoms with Gasteiger partial charge in [-0.2, -0.15) is 10.2 Å². The lowest BCUT2D eigenvalue weighted by Crippen LogP contribution is -2.51. The number of pyridine rings is 2. The van der Waals surface area contributed by atoms with Gasteiger partial charge in [-0.15, -0.1) is 0 Å². The minimum atomic E-state index is -0.466. The Morgan fingerprint density at radius 3 is 2.46 bits per heavy atom. The first kappa shape index (κ1) is 31.9. The quantitative estimate of drug-likeness (QED) is 0.260. The number of hydrogen-bond donors (Lipinski definition) is 1. The fourth-order valence-electron chi connectivity index (χ4n) is 7.41. The van der Waals surface area contributed by atoms with E-state index >= 15 is 0 Å². The number of nitrogens with one attached hydrogen (secondary N) is 1. The molecule has 14 heteroatoms. The van der Waals surface area contributed by atoms with Crippen LogP contribution in [-0.4, -0.2) is 115 Å². The van der Waals surface area contributed by atoms with Gasteiger partial charge < -0.3 is 19.4 Å². The van der Waals surface area contributed by atoms with Crippen LogP contribution in [0.5, 0.6) is 5.88 Å². The van der Waals surface area contributed by atoms with Gasteiger partial charge in [-0.3, -0.25) is 24.3 Å². The van der Waals surface area contributed by atoms with Gasteiger partial charge in [0.15, 0.2) is 5.82 Å². The molecule has 1 atom stereocenters. The van der Waals surface area contributed by atoms with Crippen LogP contribution in [0, 0.1) is 5.41 Å². The van der Waals surface area contributed by atoms with E-state index in [0.29, 0.717) is 57.5 Å². The first-order valence-corrected chi connectivity index (χ1v) is 17.2. The molecular weight excluding hydrogens is 634 g/mol. The van der Waals surface area contributed by atoms with Crippen LogP contribution in [-0.2, 0) is 16.6 Å². The Bertz CT molecular complexity index is 2020. The number of likely N-dealkylation sites (tertiary alicyclic amines) is 1. The van der Waals surface area contributed by atoms with Crippen LogP contribution in [0.25, 0.3) is 33.5 Å². The highest BCUT2D eigenvalue weighted by atomic mass is 16.5. The van der Waals surface area contributed by atoms with Crippen molar-refractivity contribution < 1.29 is 14.3 Å². The summed E-state index contributed by atoms with van der Waals surface area (Å²) in [7, 11) is 1.84. The lowest BCUT2D eigenvalue weighted by atomic mass is 9.85. The number of carbonyl (C=O) groups is 2. The predicted molar refractivity (Wildman–Crippen MR) is 189 cm³/mol. The normalized spacial score (nSPS) is 19.8. The van der Waals surface area contributed by atoms with Crippen LogP contribution >= 0.6 is 0 Å². The van der Waals surface area contributed by atoms with Crippen molar-refractivity contribution >= 4 is 34.2 Å². The Kier molecular flexibility index (Phi) is 8.17. The van der Waals surface area contributed by atoms with Gasteiger partial charge in [0.05, 0.1) is 23.6 Å². The highest BCUT2D eigenvalue weighted by Gasteiger charge is 2.51. The van der Waals surface area contributed by atoms with Crippen LogP contribution in [0.1, 0.15) is 26.7 Å². The van der Waals surface area contributed by atoms with Gasteiger partial charge in [0.1, 0.15) is 17.8 Å². The van der Waals surface area contributed by atoms with Crippen molar-refractivity contribution in [2.24, 2.45) is 12.5 Å². The number of H-pyrrole nitrogens is 1. The molecule has 0 radical (unpaired) electrons. The fraction of sp³-hybridized carbons (Fsp3) is 0.417. The number of aryl methyl sites for hydroxylation is 1. The highest BCUT2D eigenvalue weighted by Crippen LogP contribution is 2.43. The molecule has 14 nitrogen and oxygen atoms in total. The number of fused-ring (bicyclic) bond motifs is 1. The van der Waals surface area contributed by atoms with E-state index in [2.05, 4.69) is 40.0 Å². The minimum absolute atomic E-state index is 0.0440. The number of aromatic nitrogens is 7. The second-order valence-electron chi connectivity index (χ2n) is 13.8. The van der Waals surface area contributed by atoms with E-state index in [1.165, 1.54) is 0 Å². The van der Waals surface area contributed by atoms with E-state index in [0.717, 1.165) is 58.6 Å². The average Bonchev–Trinajstić information content (AvgIpc) is 3.92. The Balaban J connectivity index is 0.871. The molecule has 0 bridgehead atoms. The summed E-state index contributed by atoms with van der Waals surface area (Å²) in [5.74, 6) is 2.36. The summed E-state index contributed by atoms with van der Waals surface area (Å²) in [5, 5.41) is 13.0. The zero-order chi connectivity index (χ0) is 34.4. The van der Waals surface area contributed by atoms with Crippen molar-refractivity contribution in [1.29, 1.82) is 0 Å². The fourth-order valence-corrected chi connectivity index (χ4v) is 7.41. The molecule has 3 saturated heterocycles. The second kappa shape index (κ2) is 12.8. The van der Waals surface area contributed by atoms with E-state index < -0.39 is 5.41 Å². The van der Waals surface area contributed by atoms with Gasteiger partial charge in [-0.25, -0.2) is 15.0 Å². The maximum Gasteiger partial charge on any atom is 0.236 e.